The smallest absolute Gasteiger partial charge is 0.387 e. The van der Waals surface area contributed by atoms with Crippen LogP contribution in [0.4, 0.5) is 13.2 Å². The van der Waals surface area contributed by atoms with Gasteiger partial charge in [-0.15, -0.1) is 0 Å². The molecule has 0 aliphatic heterocycles. The molecular weight excluding hydrogens is 315 g/mol. The first-order valence-electron chi connectivity index (χ1n) is 6.65. The lowest BCUT2D eigenvalue weighted by Gasteiger charge is -2.20. The van der Waals surface area contributed by atoms with Gasteiger partial charge in [-0.3, -0.25) is 0 Å². The summed E-state index contributed by atoms with van der Waals surface area (Å²) in [5.74, 6) is -0.857. The molecule has 3 nitrogen and oxygen atoms in total. The average molecular weight is 331 g/mol. The van der Waals surface area contributed by atoms with Crippen LogP contribution in [0.1, 0.15) is 30.2 Å². The predicted molar refractivity (Wildman–Crippen MR) is 78.7 cm³/mol. The van der Waals surface area contributed by atoms with Gasteiger partial charge in [-0.05, 0) is 35.4 Å². The third-order valence-electron chi connectivity index (χ3n) is 3.20. The van der Waals surface area contributed by atoms with Gasteiger partial charge in [0.15, 0.2) is 0 Å². The summed E-state index contributed by atoms with van der Waals surface area (Å²) in [6.45, 7) is -1.06. The van der Waals surface area contributed by atoms with Crippen molar-refractivity contribution < 1.29 is 23.0 Å². The molecule has 0 saturated carbocycles. The summed E-state index contributed by atoms with van der Waals surface area (Å²) < 4.78 is 42.3. The number of aliphatic hydroxyl groups is 1. The second kappa shape index (κ2) is 7.62. The Balaban J connectivity index is 2.04. The van der Waals surface area contributed by atoms with E-state index in [0.717, 1.165) is 11.6 Å². The molecule has 2 rings (SSSR count). The molecule has 2 atom stereocenters. The Morgan fingerprint density at radius 2 is 2.09 bits per heavy atom. The highest BCUT2D eigenvalue weighted by atomic mass is 32.1. The summed E-state index contributed by atoms with van der Waals surface area (Å²) in [4.78, 5) is 0. The second-order valence-corrected chi connectivity index (χ2v) is 5.54. The number of thiophene rings is 1. The first-order chi connectivity index (χ1) is 10.5. The molecule has 0 amide bonds. The van der Waals surface area contributed by atoms with Gasteiger partial charge in [0, 0.05) is 24.2 Å². The van der Waals surface area contributed by atoms with Crippen molar-refractivity contribution in [3.8, 4) is 5.75 Å². The van der Waals surface area contributed by atoms with E-state index < -0.39 is 18.5 Å². The van der Waals surface area contributed by atoms with Gasteiger partial charge in [-0.25, -0.2) is 4.39 Å². The van der Waals surface area contributed by atoms with Gasteiger partial charge in [0.2, 0.25) is 0 Å². The predicted octanol–water partition coefficient (Wildman–Crippen LogP) is 3.87. The lowest BCUT2D eigenvalue weighted by Crippen LogP contribution is -2.25. The van der Waals surface area contributed by atoms with Crippen LogP contribution in [-0.4, -0.2) is 18.3 Å². The third kappa shape index (κ3) is 4.46. The molecule has 1 aromatic heterocycles. The number of rotatable bonds is 7. The van der Waals surface area contributed by atoms with Gasteiger partial charge in [0.05, 0.1) is 6.10 Å². The van der Waals surface area contributed by atoms with Crippen molar-refractivity contribution in [3.63, 3.8) is 0 Å². The lowest BCUT2D eigenvalue weighted by atomic mass is 10.1. The molecule has 1 heterocycles. The van der Waals surface area contributed by atoms with Gasteiger partial charge in [-0.2, -0.15) is 20.1 Å². The largest absolute Gasteiger partial charge is 0.434 e. The molecule has 0 aliphatic carbocycles. The third-order valence-corrected chi connectivity index (χ3v) is 3.90. The Bertz CT molecular complexity index is 592. The van der Waals surface area contributed by atoms with E-state index in [0.29, 0.717) is 5.56 Å². The zero-order chi connectivity index (χ0) is 16.1. The highest BCUT2D eigenvalue weighted by molar-refractivity contribution is 7.07. The van der Waals surface area contributed by atoms with E-state index >= 15 is 0 Å². The molecule has 2 N–H and O–H groups in total. The molecule has 120 valence electrons. The van der Waals surface area contributed by atoms with Gasteiger partial charge in [0.25, 0.3) is 0 Å². The molecule has 0 aliphatic rings. The van der Waals surface area contributed by atoms with Crippen molar-refractivity contribution in [2.75, 3.05) is 6.54 Å². The quantitative estimate of drug-likeness (QED) is 0.809. The number of nitrogens with one attached hydrogen (secondary N) is 1. The van der Waals surface area contributed by atoms with E-state index in [1.807, 2.05) is 16.8 Å². The maximum absolute atomic E-state index is 13.2. The van der Waals surface area contributed by atoms with Gasteiger partial charge < -0.3 is 15.2 Å². The molecule has 0 spiro atoms. The summed E-state index contributed by atoms with van der Waals surface area (Å²) in [5.41, 5.74) is 1.19. The molecule has 0 fully saturated rings. The number of hydrogen-bond donors (Lipinski definition) is 2. The number of benzene rings is 1. The molecule has 7 heteroatoms. The highest BCUT2D eigenvalue weighted by Crippen LogP contribution is 2.28. The maximum Gasteiger partial charge on any atom is 0.387 e. The van der Waals surface area contributed by atoms with E-state index in [4.69, 9.17) is 0 Å². The topological polar surface area (TPSA) is 41.5 Å². The van der Waals surface area contributed by atoms with Crippen LogP contribution in [-0.2, 0) is 0 Å². The van der Waals surface area contributed by atoms with Crippen molar-refractivity contribution >= 4 is 11.3 Å². The van der Waals surface area contributed by atoms with E-state index in [1.54, 1.807) is 6.92 Å². The Morgan fingerprint density at radius 3 is 2.73 bits per heavy atom. The highest BCUT2D eigenvalue weighted by Gasteiger charge is 2.17. The first kappa shape index (κ1) is 16.8. The molecule has 0 saturated heterocycles. The molecule has 0 bridgehead atoms. The first-order valence-corrected chi connectivity index (χ1v) is 7.59. The average Bonchev–Trinajstić information content (AvgIpc) is 2.98. The normalized spacial score (nSPS) is 14.1. The molecule has 2 unspecified atom stereocenters. The molecule has 22 heavy (non-hydrogen) atoms. The van der Waals surface area contributed by atoms with Crippen LogP contribution in [0.15, 0.2) is 35.0 Å². The summed E-state index contributed by atoms with van der Waals surface area (Å²) in [7, 11) is 0. The van der Waals surface area contributed by atoms with E-state index in [2.05, 4.69) is 10.1 Å². The van der Waals surface area contributed by atoms with Crippen LogP contribution in [0.3, 0.4) is 0 Å². The van der Waals surface area contributed by atoms with Crippen molar-refractivity contribution in [1.82, 2.24) is 5.32 Å². The summed E-state index contributed by atoms with van der Waals surface area (Å²) >= 11 is 1.48. The van der Waals surface area contributed by atoms with Crippen molar-refractivity contribution in [2.24, 2.45) is 0 Å². The molecule has 0 radical (unpaired) electrons. The SMILES string of the molecule is CC(NCC(O)c1ccsc1)c1ccc(F)cc1OC(F)F. The number of halogens is 3. The minimum absolute atomic E-state index is 0.208. The number of ether oxygens (including phenoxy) is 1. The van der Waals surface area contributed by atoms with Gasteiger partial charge in [-0.1, -0.05) is 6.07 Å². The maximum atomic E-state index is 13.2. The zero-order valence-electron chi connectivity index (χ0n) is 11.8. The van der Waals surface area contributed by atoms with Gasteiger partial charge in [0.1, 0.15) is 11.6 Å². The molecule has 2 aromatic rings. The Morgan fingerprint density at radius 1 is 1.32 bits per heavy atom. The minimum atomic E-state index is -3.02. The number of hydrogen-bond acceptors (Lipinski definition) is 4. The van der Waals surface area contributed by atoms with Crippen LogP contribution in [0.2, 0.25) is 0 Å². The van der Waals surface area contributed by atoms with E-state index in [1.165, 1.54) is 23.5 Å². The van der Waals surface area contributed by atoms with Crippen LogP contribution in [0.5, 0.6) is 5.75 Å². The van der Waals surface area contributed by atoms with Crippen LogP contribution in [0, 0.1) is 5.82 Å². The monoisotopic (exact) mass is 331 g/mol. The molecular formula is C15H16F3NO2S. The van der Waals surface area contributed by atoms with Gasteiger partial charge >= 0.3 is 6.61 Å². The summed E-state index contributed by atoms with van der Waals surface area (Å²) in [6, 6.07) is 4.92. The van der Waals surface area contributed by atoms with E-state index in [9.17, 15) is 18.3 Å². The van der Waals surface area contributed by atoms with E-state index in [-0.39, 0.29) is 18.3 Å². The van der Waals surface area contributed by atoms with Crippen LogP contribution < -0.4 is 10.1 Å². The fourth-order valence-electron chi connectivity index (χ4n) is 2.04. The Kier molecular flexibility index (Phi) is 5.82. The van der Waals surface area contributed by atoms with Crippen molar-refractivity contribution in [2.45, 2.75) is 25.7 Å². The summed E-state index contributed by atoms with van der Waals surface area (Å²) in [6.07, 6.45) is -0.700. The summed E-state index contributed by atoms with van der Waals surface area (Å²) in [5, 5.41) is 16.7. The number of alkyl halides is 2. The van der Waals surface area contributed by atoms with Crippen LogP contribution >= 0.6 is 11.3 Å². The Hall–Kier alpha value is -1.57. The standard InChI is InChI=1S/C15H16F3NO2S/c1-9(19-7-13(20)10-4-5-22-8-10)12-3-2-11(16)6-14(12)21-15(17)18/h2-6,8-9,13,15,19-20H,7H2,1H3. The minimum Gasteiger partial charge on any atom is -0.434 e. The fraction of sp³-hybridized carbons (Fsp3) is 0.333. The fourth-order valence-corrected chi connectivity index (χ4v) is 2.75. The second-order valence-electron chi connectivity index (χ2n) is 4.76. The molecule has 1 aromatic carbocycles. The Labute approximate surface area is 130 Å². The number of aliphatic hydroxyl groups excluding tert-OH is 1. The van der Waals surface area contributed by atoms with Crippen molar-refractivity contribution in [1.29, 1.82) is 0 Å². The van der Waals surface area contributed by atoms with Crippen LogP contribution in [0.25, 0.3) is 0 Å². The lowest BCUT2D eigenvalue weighted by molar-refractivity contribution is -0.0508. The van der Waals surface area contributed by atoms with Crippen molar-refractivity contribution in [3.05, 3.63) is 52.0 Å². The zero-order valence-corrected chi connectivity index (χ0v) is 12.6.